The van der Waals surface area contributed by atoms with Gasteiger partial charge in [0.15, 0.2) is 11.6 Å². The maximum absolute atomic E-state index is 13.6. The Balaban J connectivity index is 2.04. The van der Waals surface area contributed by atoms with Crippen LogP contribution in [0.5, 0.6) is 11.8 Å². The van der Waals surface area contributed by atoms with Gasteiger partial charge in [-0.3, -0.25) is 0 Å². The SMILES string of the molecule is C/C=N/Oc1ncc(F)c(NCc2ccc(OC)cc2)n1. The molecule has 6 nitrogen and oxygen atoms in total. The van der Waals surface area contributed by atoms with Gasteiger partial charge < -0.3 is 14.9 Å². The standard InChI is InChI=1S/C14H15FN4O2/c1-3-18-21-14-17-9-12(15)13(19-14)16-8-10-4-6-11(20-2)7-5-10/h3-7,9H,8H2,1-2H3,(H,16,17,19)/b18-3+. The zero-order valence-electron chi connectivity index (χ0n) is 11.7. The van der Waals surface area contributed by atoms with E-state index >= 15 is 0 Å². The normalized spacial score (nSPS) is 10.6. The lowest BCUT2D eigenvalue weighted by atomic mass is 10.2. The van der Waals surface area contributed by atoms with Gasteiger partial charge in [-0.1, -0.05) is 17.3 Å². The summed E-state index contributed by atoms with van der Waals surface area (Å²) in [6.07, 6.45) is 2.47. The van der Waals surface area contributed by atoms with E-state index in [2.05, 4.69) is 20.4 Å². The van der Waals surface area contributed by atoms with Gasteiger partial charge in [-0.15, -0.1) is 0 Å². The molecule has 0 aliphatic carbocycles. The topological polar surface area (TPSA) is 68.6 Å². The van der Waals surface area contributed by atoms with Crippen molar-refractivity contribution in [3.8, 4) is 11.8 Å². The Bertz CT molecular complexity index is 617. The molecule has 1 heterocycles. The molecule has 0 saturated carbocycles. The number of oxime groups is 1. The van der Waals surface area contributed by atoms with E-state index in [1.165, 1.54) is 6.21 Å². The second-order valence-corrected chi connectivity index (χ2v) is 4.01. The Labute approximate surface area is 121 Å². The first kappa shape index (κ1) is 14.7. The number of nitrogens with one attached hydrogen (secondary N) is 1. The summed E-state index contributed by atoms with van der Waals surface area (Å²) in [5, 5.41) is 6.42. The molecule has 0 unspecified atom stereocenters. The van der Waals surface area contributed by atoms with Crippen LogP contribution in [0.25, 0.3) is 0 Å². The Morgan fingerprint density at radius 1 is 1.33 bits per heavy atom. The number of halogens is 1. The fourth-order valence-electron chi connectivity index (χ4n) is 1.55. The molecule has 0 spiro atoms. The molecule has 1 aromatic heterocycles. The highest BCUT2D eigenvalue weighted by atomic mass is 19.1. The van der Waals surface area contributed by atoms with Crippen LogP contribution in [0.3, 0.4) is 0 Å². The van der Waals surface area contributed by atoms with Crippen molar-refractivity contribution in [1.82, 2.24) is 9.97 Å². The van der Waals surface area contributed by atoms with E-state index in [4.69, 9.17) is 9.57 Å². The zero-order chi connectivity index (χ0) is 15.1. The summed E-state index contributed by atoms with van der Waals surface area (Å²) >= 11 is 0. The number of hydrogen-bond acceptors (Lipinski definition) is 6. The van der Waals surface area contributed by atoms with Crippen LogP contribution in [0, 0.1) is 5.82 Å². The van der Waals surface area contributed by atoms with Crippen LogP contribution in [-0.4, -0.2) is 23.3 Å². The maximum atomic E-state index is 13.6. The number of nitrogens with zero attached hydrogens (tertiary/aromatic N) is 3. The molecule has 1 N–H and O–H groups in total. The fourth-order valence-corrected chi connectivity index (χ4v) is 1.55. The summed E-state index contributed by atoms with van der Waals surface area (Å²) < 4.78 is 18.7. The number of aromatic nitrogens is 2. The summed E-state index contributed by atoms with van der Waals surface area (Å²) in [7, 11) is 1.60. The lowest BCUT2D eigenvalue weighted by Crippen LogP contribution is -2.05. The zero-order valence-corrected chi connectivity index (χ0v) is 11.7. The number of methoxy groups -OCH3 is 1. The highest BCUT2D eigenvalue weighted by Gasteiger charge is 2.07. The number of anilines is 1. The Hall–Kier alpha value is -2.70. The van der Waals surface area contributed by atoms with E-state index in [0.717, 1.165) is 17.5 Å². The molecular weight excluding hydrogens is 275 g/mol. The molecule has 2 rings (SSSR count). The van der Waals surface area contributed by atoms with Gasteiger partial charge in [-0.25, -0.2) is 4.39 Å². The number of hydrogen-bond donors (Lipinski definition) is 1. The molecule has 0 aliphatic heterocycles. The van der Waals surface area contributed by atoms with E-state index in [0.29, 0.717) is 6.54 Å². The van der Waals surface area contributed by atoms with Crippen molar-refractivity contribution < 1.29 is 14.0 Å². The summed E-state index contributed by atoms with van der Waals surface area (Å²) in [6.45, 7) is 2.10. The second-order valence-electron chi connectivity index (χ2n) is 4.01. The quantitative estimate of drug-likeness (QED) is 0.654. The first-order valence-corrected chi connectivity index (χ1v) is 6.27. The molecule has 0 saturated heterocycles. The minimum Gasteiger partial charge on any atom is -0.497 e. The molecule has 2 aromatic rings. The molecule has 110 valence electrons. The van der Waals surface area contributed by atoms with Crippen LogP contribution in [0.2, 0.25) is 0 Å². The van der Waals surface area contributed by atoms with Gasteiger partial charge in [0.1, 0.15) is 5.75 Å². The van der Waals surface area contributed by atoms with Crippen LogP contribution < -0.4 is 14.9 Å². The second kappa shape index (κ2) is 7.18. The van der Waals surface area contributed by atoms with Crippen molar-refractivity contribution >= 4 is 12.0 Å². The van der Waals surface area contributed by atoms with E-state index in [-0.39, 0.29) is 11.8 Å². The number of ether oxygens (including phenoxy) is 1. The highest BCUT2D eigenvalue weighted by molar-refractivity contribution is 5.52. The van der Waals surface area contributed by atoms with Gasteiger partial charge in [0.05, 0.1) is 13.3 Å². The summed E-state index contributed by atoms with van der Waals surface area (Å²) in [6, 6.07) is 7.40. The maximum Gasteiger partial charge on any atom is 0.347 e. The van der Waals surface area contributed by atoms with Gasteiger partial charge in [0.25, 0.3) is 0 Å². The summed E-state index contributed by atoms with van der Waals surface area (Å²) in [4.78, 5) is 12.4. The molecule has 7 heteroatoms. The van der Waals surface area contributed by atoms with E-state index in [1.807, 2.05) is 24.3 Å². The molecule has 0 aliphatic rings. The Morgan fingerprint density at radius 3 is 2.76 bits per heavy atom. The van der Waals surface area contributed by atoms with Gasteiger partial charge in [-0.2, -0.15) is 9.97 Å². The Kier molecular flexibility index (Phi) is 5.03. The molecule has 0 fully saturated rings. The van der Waals surface area contributed by atoms with Gasteiger partial charge in [-0.05, 0) is 24.6 Å². The third kappa shape index (κ3) is 4.13. The molecule has 0 amide bonds. The van der Waals surface area contributed by atoms with Crippen molar-refractivity contribution in [1.29, 1.82) is 0 Å². The minimum absolute atomic E-state index is 0.0215. The van der Waals surface area contributed by atoms with Crippen molar-refractivity contribution in [2.45, 2.75) is 13.5 Å². The smallest absolute Gasteiger partial charge is 0.347 e. The first-order valence-electron chi connectivity index (χ1n) is 6.27. The van der Waals surface area contributed by atoms with Crippen molar-refractivity contribution in [3.63, 3.8) is 0 Å². The molecule has 1 aromatic carbocycles. The Morgan fingerprint density at radius 2 is 2.10 bits per heavy atom. The fraction of sp³-hybridized carbons (Fsp3) is 0.214. The molecule has 0 bridgehead atoms. The van der Waals surface area contributed by atoms with E-state index in [1.54, 1.807) is 14.0 Å². The lowest BCUT2D eigenvalue weighted by molar-refractivity contribution is 0.313. The average Bonchev–Trinajstić information content (AvgIpc) is 2.53. The first-order chi connectivity index (χ1) is 10.2. The largest absolute Gasteiger partial charge is 0.497 e. The third-order valence-electron chi connectivity index (χ3n) is 2.58. The monoisotopic (exact) mass is 290 g/mol. The van der Waals surface area contributed by atoms with Crippen molar-refractivity contribution in [2.24, 2.45) is 5.16 Å². The van der Waals surface area contributed by atoms with Crippen molar-refractivity contribution in [2.75, 3.05) is 12.4 Å². The van der Waals surface area contributed by atoms with E-state index < -0.39 is 5.82 Å². The molecule has 0 radical (unpaired) electrons. The van der Waals surface area contributed by atoms with Gasteiger partial charge >= 0.3 is 6.01 Å². The lowest BCUT2D eigenvalue weighted by Gasteiger charge is -2.08. The van der Waals surface area contributed by atoms with Crippen molar-refractivity contribution in [3.05, 3.63) is 41.8 Å². The summed E-state index contributed by atoms with van der Waals surface area (Å²) in [5.74, 6) is 0.263. The number of rotatable bonds is 6. The van der Waals surface area contributed by atoms with Crippen LogP contribution in [-0.2, 0) is 6.54 Å². The van der Waals surface area contributed by atoms with Crippen LogP contribution in [0.4, 0.5) is 10.2 Å². The average molecular weight is 290 g/mol. The molecule has 0 atom stereocenters. The van der Waals surface area contributed by atoms with Gasteiger partial charge in [0.2, 0.25) is 0 Å². The van der Waals surface area contributed by atoms with E-state index in [9.17, 15) is 4.39 Å². The molecule has 21 heavy (non-hydrogen) atoms. The third-order valence-corrected chi connectivity index (χ3v) is 2.58. The van der Waals surface area contributed by atoms with Crippen LogP contribution >= 0.6 is 0 Å². The molecular formula is C14H15FN4O2. The van der Waals surface area contributed by atoms with Gasteiger partial charge in [0, 0.05) is 12.8 Å². The summed E-state index contributed by atoms with van der Waals surface area (Å²) in [5.41, 5.74) is 0.961. The highest BCUT2D eigenvalue weighted by Crippen LogP contribution is 2.16. The van der Waals surface area contributed by atoms with Crippen LogP contribution in [0.1, 0.15) is 12.5 Å². The van der Waals surface area contributed by atoms with Crippen LogP contribution in [0.15, 0.2) is 35.6 Å². The predicted octanol–water partition coefficient (Wildman–Crippen LogP) is 2.62. The number of benzene rings is 1. The predicted molar refractivity (Wildman–Crippen MR) is 77.1 cm³/mol. The minimum atomic E-state index is -0.559.